The Balaban J connectivity index is 1.33. The molecule has 6 atom stereocenters. The first-order valence-corrected chi connectivity index (χ1v) is 15.4. The van der Waals surface area contributed by atoms with Crippen molar-refractivity contribution in [3.05, 3.63) is 40.2 Å². The maximum Gasteiger partial charge on any atom is 0.351 e. The van der Waals surface area contributed by atoms with Crippen LogP contribution in [0.3, 0.4) is 0 Å². The van der Waals surface area contributed by atoms with E-state index in [4.69, 9.17) is 28.1 Å². The molecule has 11 heteroatoms. The zero-order valence-corrected chi connectivity index (χ0v) is 26.8. The molecule has 240 valence electrons. The summed E-state index contributed by atoms with van der Waals surface area (Å²) in [7, 11) is 0. The van der Waals surface area contributed by atoms with Gasteiger partial charge in [0.25, 0.3) is 0 Å². The lowest BCUT2D eigenvalue weighted by atomic mass is 9.66. The Kier molecular flexibility index (Phi) is 5.61. The van der Waals surface area contributed by atoms with Crippen LogP contribution in [0, 0.1) is 21.7 Å². The molecule has 4 heterocycles. The van der Waals surface area contributed by atoms with Crippen LogP contribution in [0.25, 0.3) is 11.0 Å². The second-order valence-electron chi connectivity index (χ2n) is 15.4. The van der Waals surface area contributed by atoms with Crippen molar-refractivity contribution in [3.63, 3.8) is 0 Å². The van der Waals surface area contributed by atoms with Crippen molar-refractivity contribution in [1.29, 1.82) is 0 Å². The smallest absolute Gasteiger partial charge is 0.351 e. The molecule has 11 nitrogen and oxygen atoms in total. The molecule has 45 heavy (non-hydrogen) atoms. The Bertz CT molecular complexity index is 1780. The van der Waals surface area contributed by atoms with Crippen LogP contribution in [0.2, 0.25) is 0 Å². The third kappa shape index (κ3) is 3.29. The molecule has 3 aliphatic heterocycles. The van der Waals surface area contributed by atoms with E-state index >= 15 is 0 Å². The first kappa shape index (κ1) is 29.8. The van der Waals surface area contributed by atoms with E-state index in [1.54, 1.807) is 45.9 Å². The topological polar surface area (TPSA) is 145 Å². The molecular weight excluding hydrogens is 584 g/mol. The monoisotopic (exact) mass is 622 g/mol. The number of fused-ring (bicyclic) bond motifs is 7. The zero-order valence-electron chi connectivity index (χ0n) is 26.8. The van der Waals surface area contributed by atoms with Gasteiger partial charge < -0.3 is 28.1 Å². The highest BCUT2D eigenvalue weighted by atomic mass is 16.7. The summed E-state index contributed by atoms with van der Waals surface area (Å²) in [5.74, 6) is -2.30. The number of esters is 4. The van der Waals surface area contributed by atoms with Crippen molar-refractivity contribution in [2.24, 2.45) is 21.7 Å². The lowest BCUT2D eigenvalue weighted by Gasteiger charge is -2.45. The van der Waals surface area contributed by atoms with Gasteiger partial charge in [-0.2, -0.15) is 0 Å². The highest BCUT2D eigenvalue weighted by molar-refractivity contribution is 5.95. The zero-order chi connectivity index (χ0) is 32.8. The van der Waals surface area contributed by atoms with E-state index in [1.165, 1.54) is 6.07 Å². The lowest BCUT2D eigenvalue weighted by Crippen LogP contribution is -2.57. The van der Waals surface area contributed by atoms with Gasteiger partial charge in [0.2, 0.25) is 11.2 Å². The van der Waals surface area contributed by atoms with Crippen LogP contribution in [0.15, 0.2) is 33.5 Å². The number of carbonyl (C=O) groups excluding carboxylic acids is 4. The molecule has 2 aromatic rings. The van der Waals surface area contributed by atoms with Gasteiger partial charge in [-0.1, -0.05) is 39.8 Å². The number of hydrogen-bond acceptors (Lipinski definition) is 11. The van der Waals surface area contributed by atoms with Crippen LogP contribution in [0.4, 0.5) is 0 Å². The van der Waals surface area contributed by atoms with E-state index in [9.17, 15) is 24.0 Å². The maximum atomic E-state index is 14.3. The highest BCUT2D eigenvalue weighted by Crippen LogP contribution is 2.67. The summed E-state index contributed by atoms with van der Waals surface area (Å²) >= 11 is 0. The largest absolute Gasteiger partial charge is 0.479 e. The Morgan fingerprint density at radius 1 is 0.689 bits per heavy atom. The maximum absolute atomic E-state index is 14.3. The van der Waals surface area contributed by atoms with E-state index in [-0.39, 0.29) is 24.2 Å². The van der Waals surface area contributed by atoms with E-state index in [0.29, 0.717) is 23.8 Å². The predicted octanol–water partition coefficient (Wildman–Crippen LogP) is 4.70. The van der Waals surface area contributed by atoms with Crippen LogP contribution in [0.1, 0.15) is 92.7 Å². The van der Waals surface area contributed by atoms with Crippen LogP contribution in [-0.2, 0) is 38.1 Å². The van der Waals surface area contributed by atoms with Crippen LogP contribution < -0.4 is 10.4 Å². The Labute approximate surface area is 259 Å². The fourth-order valence-corrected chi connectivity index (χ4v) is 8.45. The normalized spacial score (nSPS) is 37.9. The molecular formula is C34H38O11. The van der Waals surface area contributed by atoms with Crippen LogP contribution in [-0.4, -0.2) is 46.8 Å². The van der Waals surface area contributed by atoms with Crippen molar-refractivity contribution in [1.82, 2.24) is 0 Å². The van der Waals surface area contributed by atoms with Crippen molar-refractivity contribution >= 4 is 34.8 Å². The van der Waals surface area contributed by atoms with Crippen LogP contribution in [0.5, 0.6) is 5.75 Å². The molecule has 0 amide bonds. The summed E-state index contributed by atoms with van der Waals surface area (Å²) < 4.78 is 36.1. The molecule has 2 saturated heterocycles. The second kappa shape index (κ2) is 8.47. The molecule has 5 aliphatic rings. The van der Waals surface area contributed by atoms with Crippen molar-refractivity contribution < 1.29 is 47.3 Å². The molecule has 2 aliphatic carbocycles. The van der Waals surface area contributed by atoms with Gasteiger partial charge in [0.15, 0.2) is 23.5 Å². The number of rotatable bonds is 4. The third-order valence-electron chi connectivity index (χ3n) is 12.7. The van der Waals surface area contributed by atoms with Crippen molar-refractivity contribution in [2.75, 3.05) is 0 Å². The fourth-order valence-electron chi connectivity index (χ4n) is 8.45. The molecule has 1 aromatic carbocycles. The minimum Gasteiger partial charge on any atom is -0.479 e. The molecule has 7 rings (SSSR count). The van der Waals surface area contributed by atoms with E-state index < -0.39 is 80.2 Å². The fraction of sp³-hybridized carbons (Fsp3) is 0.618. The number of hydrogen-bond donors (Lipinski definition) is 0. The Morgan fingerprint density at radius 2 is 1.20 bits per heavy atom. The molecule has 4 bridgehead atoms. The summed E-state index contributed by atoms with van der Waals surface area (Å²) in [5.41, 5.74) is -8.12. The van der Waals surface area contributed by atoms with Gasteiger partial charge in [0.1, 0.15) is 5.60 Å². The quantitative estimate of drug-likeness (QED) is 0.266. The Hall–Kier alpha value is -3.89. The molecule has 1 aromatic heterocycles. The van der Waals surface area contributed by atoms with Crippen molar-refractivity contribution in [2.45, 2.75) is 110 Å². The SMILES string of the molecule is CC1(C)Oc2c(ccc3ccc(=O)oc23)[C@@H](OC(=O)[C@@]23CC[C@@](C)(C(=O)O2)C3(C)C)[C@H]1OC(=O)[C@@]12CC[C@@](C)(C(=O)O1)C2(C)C. The molecule has 2 saturated carbocycles. The first-order valence-electron chi connectivity index (χ1n) is 15.4. The lowest BCUT2D eigenvalue weighted by molar-refractivity contribution is -0.217. The van der Waals surface area contributed by atoms with Gasteiger partial charge in [-0.05, 0) is 59.4 Å². The van der Waals surface area contributed by atoms with Crippen LogP contribution >= 0.6 is 0 Å². The molecule has 0 unspecified atom stereocenters. The summed E-state index contributed by atoms with van der Waals surface area (Å²) in [6, 6.07) is 6.23. The second-order valence-corrected chi connectivity index (χ2v) is 15.4. The van der Waals surface area contributed by atoms with Gasteiger partial charge in [-0.15, -0.1) is 0 Å². The number of carbonyl (C=O) groups is 4. The number of benzene rings is 1. The first-order chi connectivity index (χ1) is 20.8. The summed E-state index contributed by atoms with van der Waals surface area (Å²) in [4.78, 5) is 66.8. The molecule has 4 fully saturated rings. The standard InChI is InChI=1S/C34H38O11/c1-28(2)23(42-27(39)34-16-14-32(8,25(37)45-34)30(34,5)6)22(18-11-9-17-10-12-19(35)40-20(17)21(18)43-28)41-26(38)33-15-13-31(7,24(36)44-33)29(33,3)4/h9-12,22-23H,13-16H2,1-8H3/t22-,23-,31+,32+,33-,34-/m1/s1. The summed E-state index contributed by atoms with van der Waals surface area (Å²) in [6.45, 7) is 14.2. The third-order valence-corrected chi connectivity index (χ3v) is 12.7. The minimum atomic E-state index is -1.56. The average Bonchev–Trinajstić information content (AvgIpc) is 3.42. The molecule has 0 spiro atoms. The van der Waals surface area contributed by atoms with E-state index in [1.807, 2.05) is 27.7 Å². The van der Waals surface area contributed by atoms with Gasteiger partial charge >= 0.3 is 29.5 Å². The number of ether oxygens (including phenoxy) is 5. The van der Waals surface area contributed by atoms with E-state index in [0.717, 1.165) is 0 Å². The van der Waals surface area contributed by atoms with Gasteiger partial charge in [0.05, 0.1) is 10.8 Å². The van der Waals surface area contributed by atoms with Gasteiger partial charge in [-0.25, -0.2) is 14.4 Å². The molecule has 0 radical (unpaired) electrons. The predicted molar refractivity (Wildman–Crippen MR) is 156 cm³/mol. The molecule has 0 N–H and O–H groups in total. The van der Waals surface area contributed by atoms with E-state index in [2.05, 4.69) is 0 Å². The highest BCUT2D eigenvalue weighted by Gasteiger charge is 2.78. The van der Waals surface area contributed by atoms with Gasteiger partial charge in [-0.3, -0.25) is 9.59 Å². The minimum absolute atomic E-state index is 0.147. The Morgan fingerprint density at radius 3 is 1.69 bits per heavy atom. The average molecular weight is 623 g/mol. The summed E-state index contributed by atoms with van der Waals surface area (Å²) in [5, 5.41) is 0.574. The van der Waals surface area contributed by atoms with Gasteiger partial charge in [0, 0.05) is 27.8 Å². The summed E-state index contributed by atoms with van der Waals surface area (Å²) in [6.07, 6.45) is -1.07. The van der Waals surface area contributed by atoms with Crippen molar-refractivity contribution in [3.8, 4) is 5.75 Å².